The van der Waals surface area contributed by atoms with E-state index in [2.05, 4.69) is 46.1 Å². The number of hydrogen-bond acceptors (Lipinski definition) is 3. The third kappa shape index (κ3) is 3.55. The van der Waals surface area contributed by atoms with Gasteiger partial charge in [0, 0.05) is 23.6 Å². The molecule has 2 atom stereocenters. The first kappa shape index (κ1) is 16.2. The minimum atomic E-state index is 0.147. The predicted octanol–water partition coefficient (Wildman–Crippen LogP) is 3.47. The summed E-state index contributed by atoms with van der Waals surface area (Å²) in [7, 11) is 1.96. The second kappa shape index (κ2) is 7.23. The Morgan fingerprint density at radius 2 is 2.25 bits per heavy atom. The molecule has 1 N–H and O–H groups in total. The number of ether oxygens (including phenoxy) is 1. The van der Waals surface area contributed by atoms with Gasteiger partial charge >= 0.3 is 0 Å². The number of nitrogens with zero attached hydrogens (tertiary/aromatic N) is 1. The predicted molar refractivity (Wildman–Crippen MR) is 87.4 cm³/mol. The van der Waals surface area contributed by atoms with Crippen molar-refractivity contribution < 1.29 is 4.74 Å². The summed E-state index contributed by atoms with van der Waals surface area (Å²) in [6, 6.07) is 6.91. The van der Waals surface area contributed by atoms with E-state index in [1.807, 2.05) is 19.2 Å². The molecule has 0 aromatic heterocycles. The van der Waals surface area contributed by atoms with E-state index in [1.165, 1.54) is 5.56 Å². The van der Waals surface area contributed by atoms with E-state index in [-0.39, 0.29) is 12.1 Å². The van der Waals surface area contributed by atoms with Gasteiger partial charge in [-0.15, -0.1) is 0 Å². The van der Waals surface area contributed by atoms with Crippen LogP contribution in [-0.4, -0.2) is 43.8 Å². The number of morpholine rings is 1. The number of likely N-dealkylation sites (N-methyl/N-ethyl adjacent to an activating group) is 1. The van der Waals surface area contributed by atoms with Gasteiger partial charge in [-0.3, -0.25) is 4.90 Å². The third-order valence-corrected chi connectivity index (χ3v) is 4.98. The zero-order valence-electron chi connectivity index (χ0n) is 12.2. The van der Waals surface area contributed by atoms with Crippen molar-refractivity contribution in [2.75, 3.05) is 26.7 Å². The highest BCUT2D eigenvalue weighted by Crippen LogP contribution is 2.34. The molecule has 0 radical (unpaired) electrons. The summed E-state index contributed by atoms with van der Waals surface area (Å²) >= 11 is 9.72. The summed E-state index contributed by atoms with van der Waals surface area (Å²) in [6.45, 7) is 7.04. The Morgan fingerprint density at radius 1 is 1.50 bits per heavy atom. The summed E-state index contributed by atoms with van der Waals surface area (Å²) in [5, 5.41) is 3.98. The fourth-order valence-electron chi connectivity index (χ4n) is 2.81. The summed E-state index contributed by atoms with van der Waals surface area (Å²) in [5.41, 5.74) is 1.21. The standard InChI is InChI=1S/C15H22BrClN2O/c1-10(2)19-6-7-20-14(9-18-3)15(19)11-4-5-12(16)13(17)8-11/h4-5,8,10,14-15,18H,6-7,9H2,1-3H3. The van der Waals surface area contributed by atoms with Crippen LogP contribution in [0.3, 0.4) is 0 Å². The molecule has 0 amide bonds. The van der Waals surface area contributed by atoms with Crippen LogP contribution < -0.4 is 5.32 Å². The van der Waals surface area contributed by atoms with E-state index < -0.39 is 0 Å². The van der Waals surface area contributed by atoms with Crippen LogP contribution in [0.15, 0.2) is 22.7 Å². The highest BCUT2D eigenvalue weighted by Gasteiger charge is 2.34. The van der Waals surface area contributed by atoms with E-state index in [0.29, 0.717) is 6.04 Å². The van der Waals surface area contributed by atoms with E-state index in [4.69, 9.17) is 16.3 Å². The Kier molecular flexibility index (Phi) is 5.87. The van der Waals surface area contributed by atoms with Gasteiger partial charge in [0.2, 0.25) is 0 Å². The lowest BCUT2D eigenvalue weighted by molar-refractivity contribution is -0.0815. The summed E-state index contributed by atoms with van der Waals surface area (Å²) in [4.78, 5) is 2.49. The molecule has 2 rings (SSSR count). The Morgan fingerprint density at radius 3 is 2.85 bits per heavy atom. The number of halogens is 2. The minimum Gasteiger partial charge on any atom is -0.374 e. The average Bonchev–Trinajstić information content (AvgIpc) is 2.42. The van der Waals surface area contributed by atoms with Crippen LogP contribution in [0.25, 0.3) is 0 Å². The van der Waals surface area contributed by atoms with E-state index in [9.17, 15) is 0 Å². The van der Waals surface area contributed by atoms with Crippen LogP contribution in [0.5, 0.6) is 0 Å². The Hall–Kier alpha value is -0.130. The van der Waals surface area contributed by atoms with Gasteiger partial charge in [-0.25, -0.2) is 0 Å². The minimum absolute atomic E-state index is 0.147. The maximum Gasteiger partial charge on any atom is 0.0896 e. The van der Waals surface area contributed by atoms with Gasteiger partial charge in [-0.1, -0.05) is 17.7 Å². The van der Waals surface area contributed by atoms with Gasteiger partial charge < -0.3 is 10.1 Å². The second-order valence-corrected chi connectivity index (χ2v) is 6.68. The number of hydrogen-bond donors (Lipinski definition) is 1. The van der Waals surface area contributed by atoms with Crippen molar-refractivity contribution in [2.45, 2.75) is 32.0 Å². The molecule has 0 bridgehead atoms. The smallest absolute Gasteiger partial charge is 0.0896 e. The number of rotatable bonds is 4. The van der Waals surface area contributed by atoms with Crippen molar-refractivity contribution >= 4 is 27.5 Å². The van der Waals surface area contributed by atoms with Crippen molar-refractivity contribution in [3.63, 3.8) is 0 Å². The summed E-state index contributed by atoms with van der Waals surface area (Å²) in [6.07, 6.45) is 0.147. The molecule has 2 unspecified atom stereocenters. The van der Waals surface area contributed by atoms with E-state index in [0.717, 1.165) is 29.2 Å². The van der Waals surface area contributed by atoms with Crippen LogP contribution in [0.4, 0.5) is 0 Å². The molecule has 1 aromatic carbocycles. The van der Waals surface area contributed by atoms with Crippen molar-refractivity contribution in [1.82, 2.24) is 10.2 Å². The molecule has 0 aliphatic carbocycles. The SMILES string of the molecule is CNCC1OCCN(C(C)C)C1c1ccc(Br)c(Cl)c1. The molecular formula is C15H22BrClN2O. The maximum atomic E-state index is 6.26. The molecule has 112 valence electrons. The molecule has 3 nitrogen and oxygen atoms in total. The van der Waals surface area contributed by atoms with Crippen molar-refractivity contribution in [3.05, 3.63) is 33.3 Å². The van der Waals surface area contributed by atoms with Crippen LogP contribution in [0, 0.1) is 0 Å². The molecule has 5 heteroatoms. The zero-order valence-corrected chi connectivity index (χ0v) is 14.5. The van der Waals surface area contributed by atoms with Crippen LogP contribution in [0.1, 0.15) is 25.5 Å². The topological polar surface area (TPSA) is 24.5 Å². The summed E-state index contributed by atoms with van der Waals surface area (Å²) in [5.74, 6) is 0. The Labute approximate surface area is 134 Å². The van der Waals surface area contributed by atoms with Crippen LogP contribution >= 0.6 is 27.5 Å². The molecule has 0 spiro atoms. The first-order chi connectivity index (χ1) is 9.54. The lowest BCUT2D eigenvalue weighted by Crippen LogP contribution is -2.51. The molecule has 1 heterocycles. The Bertz CT molecular complexity index is 453. The van der Waals surface area contributed by atoms with Gasteiger partial charge in [-0.05, 0) is 54.5 Å². The Balaban J connectivity index is 2.35. The monoisotopic (exact) mass is 360 g/mol. The van der Waals surface area contributed by atoms with Crippen LogP contribution in [0.2, 0.25) is 5.02 Å². The van der Waals surface area contributed by atoms with Crippen molar-refractivity contribution in [2.24, 2.45) is 0 Å². The van der Waals surface area contributed by atoms with Crippen molar-refractivity contribution in [1.29, 1.82) is 0 Å². The lowest BCUT2D eigenvalue weighted by atomic mass is 9.96. The number of benzene rings is 1. The first-order valence-electron chi connectivity index (χ1n) is 7.01. The highest BCUT2D eigenvalue weighted by molar-refractivity contribution is 9.10. The molecule has 1 saturated heterocycles. The van der Waals surface area contributed by atoms with Gasteiger partial charge in [0.1, 0.15) is 0 Å². The largest absolute Gasteiger partial charge is 0.374 e. The molecular weight excluding hydrogens is 340 g/mol. The zero-order chi connectivity index (χ0) is 14.7. The first-order valence-corrected chi connectivity index (χ1v) is 8.18. The molecule has 20 heavy (non-hydrogen) atoms. The second-order valence-electron chi connectivity index (χ2n) is 5.42. The highest BCUT2D eigenvalue weighted by atomic mass is 79.9. The van der Waals surface area contributed by atoms with Gasteiger partial charge in [0.25, 0.3) is 0 Å². The molecule has 0 saturated carbocycles. The van der Waals surface area contributed by atoms with Gasteiger partial charge in [-0.2, -0.15) is 0 Å². The van der Waals surface area contributed by atoms with Crippen LogP contribution in [-0.2, 0) is 4.74 Å². The average molecular weight is 362 g/mol. The lowest BCUT2D eigenvalue weighted by Gasteiger charge is -2.43. The van der Waals surface area contributed by atoms with E-state index >= 15 is 0 Å². The maximum absolute atomic E-state index is 6.26. The fraction of sp³-hybridized carbons (Fsp3) is 0.600. The third-order valence-electron chi connectivity index (χ3n) is 3.74. The molecule has 1 fully saturated rings. The fourth-order valence-corrected chi connectivity index (χ4v) is 3.24. The summed E-state index contributed by atoms with van der Waals surface area (Å²) < 4.78 is 6.91. The molecule has 1 aliphatic heterocycles. The quantitative estimate of drug-likeness (QED) is 0.888. The molecule has 1 aliphatic rings. The molecule has 1 aromatic rings. The van der Waals surface area contributed by atoms with Gasteiger partial charge in [0.05, 0.1) is 23.8 Å². The van der Waals surface area contributed by atoms with Crippen molar-refractivity contribution in [3.8, 4) is 0 Å². The normalized spacial score (nSPS) is 24.3. The van der Waals surface area contributed by atoms with E-state index in [1.54, 1.807) is 0 Å². The number of nitrogens with one attached hydrogen (secondary N) is 1. The van der Waals surface area contributed by atoms with Gasteiger partial charge in [0.15, 0.2) is 0 Å².